The Morgan fingerprint density at radius 1 is 1.89 bits per heavy atom. The average molecular weight is 160 g/mol. The standard InChI is InChI=1S/C5H6NOS2/c1-2-4-6-3-5(8)9(4)7/h8H,2H2,1H3/q-1. The SMILES string of the molecule is CCC1=N[C-]=C(S)S1=O. The molecule has 0 aromatic carbocycles. The first-order valence-electron chi connectivity index (χ1n) is 2.56. The molecule has 9 heavy (non-hydrogen) atoms. The van der Waals surface area contributed by atoms with Gasteiger partial charge in [0, 0.05) is 10.8 Å². The Morgan fingerprint density at radius 2 is 2.56 bits per heavy atom. The van der Waals surface area contributed by atoms with Gasteiger partial charge in [-0.15, -0.1) is 6.20 Å². The first kappa shape index (κ1) is 7.02. The van der Waals surface area contributed by atoms with Crippen LogP contribution in [0.2, 0.25) is 0 Å². The van der Waals surface area contributed by atoms with Crippen LogP contribution in [0.25, 0.3) is 0 Å². The first-order chi connectivity index (χ1) is 4.25. The van der Waals surface area contributed by atoms with Crippen molar-refractivity contribution in [2.75, 3.05) is 0 Å². The van der Waals surface area contributed by atoms with Crippen molar-refractivity contribution in [3.63, 3.8) is 0 Å². The van der Waals surface area contributed by atoms with Gasteiger partial charge in [-0.25, -0.2) is 0 Å². The molecule has 1 unspecified atom stereocenters. The van der Waals surface area contributed by atoms with E-state index in [-0.39, 0.29) is 0 Å². The van der Waals surface area contributed by atoms with Crippen molar-refractivity contribution in [1.82, 2.24) is 0 Å². The van der Waals surface area contributed by atoms with Crippen molar-refractivity contribution in [2.24, 2.45) is 4.99 Å². The molecule has 1 heterocycles. The molecule has 0 amide bonds. The number of hydrogen-bond donors (Lipinski definition) is 1. The van der Waals surface area contributed by atoms with Gasteiger partial charge in [0.05, 0.1) is 0 Å². The molecule has 0 aromatic heterocycles. The van der Waals surface area contributed by atoms with E-state index in [0.717, 1.165) is 0 Å². The summed E-state index contributed by atoms with van der Waals surface area (Å²) < 4.78 is 11.4. The van der Waals surface area contributed by atoms with Gasteiger partial charge in [-0.2, -0.15) is 12.6 Å². The predicted octanol–water partition coefficient (Wildman–Crippen LogP) is 1.09. The van der Waals surface area contributed by atoms with Crippen LogP contribution in [-0.4, -0.2) is 9.25 Å². The van der Waals surface area contributed by atoms with Gasteiger partial charge in [0.1, 0.15) is 0 Å². The number of rotatable bonds is 1. The van der Waals surface area contributed by atoms with Gasteiger partial charge in [0.25, 0.3) is 0 Å². The molecule has 1 atom stereocenters. The molecule has 1 rings (SSSR count). The van der Waals surface area contributed by atoms with E-state index in [9.17, 15) is 4.21 Å². The zero-order valence-corrected chi connectivity index (χ0v) is 6.63. The van der Waals surface area contributed by atoms with Crippen molar-refractivity contribution >= 4 is 28.5 Å². The molecule has 0 N–H and O–H groups in total. The molecule has 1 aliphatic heterocycles. The minimum Gasteiger partial charge on any atom is -0.445 e. The van der Waals surface area contributed by atoms with E-state index >= 15 is 0 Å². The Balaban J connectivity index is 2.79. The molecule has 50 valence electrons. The Labute approximate surface area is 61.9 Å². The van der Waals surface area contributed by atoms with Gasteiger partial charge in [0.15, 0.2) is 0 Å². The van der Waals surface area contributed by atoms with Crippen molar-refractivity contribution < 1.29 is 4.21 Å². The molecule has 0 spiro atoms. The second-order valence-electron chi connectivity index (χ2n) is 1.54. The average Bonchev–Trinajstić information content (AvgIpc) is 2.15. The summed E-state index contributed by atoms with van der Waals surface area (Å²) >= 11 is 3.89. The van der Waals surface area contributed by atoms with E-state index in [4.69, 9.17) is 0 Å². The molecule has 0 aromatic rings. The molecular formula is C5H6NOS2-. The molecule has 0 aliphatic carbocycles. The first-order valence-corrected chi connectivity index (χ1v) is 4.15. The third kappa shape index (κ3) is 1.24. The normalized spacial score (nSPS) is 25.8. The summed E-state index contributed by atoms with van der Waals surface area (Å²) in [7, 11) is -1.09. The van der Waals surface area contributed by atoms with Gasteiger partial charge in [-0.3, -0.25) is 4.21 Å². The van der Waals surface area contributed by atoms with E-state index in [2.05, 4.69) is 23.8 Å². The van der Waals surface area contributed by atoms with Crippen molar-refractivity contribution in [3.8, 4) is 0 Å². The van der Waals surface area contributed by atoms with Crippen LogP contribution in [0.15, 0.2) is 9.23 Å². The molecule has 0 saturated carbocycles. The molecule has 0 bridgehead atoms. The lowest BCUT2D eigenvalue weighted by Crippen LogP contribution is -1.99. The predicted molar refractivity (Wildman–Crippen MR) is 41.6 cm³/mol. The van der Waals surface area contributed by atoms with E-state index in [1.54, 1.807) is 0 Å². The summed E-state index contributed by atoms with van der Waals surface area (Å²) in [6, 6.07) is 0. The van der Waals surface area contributed by atoms with Crippen LogP contribution >= 0.6 is 12.6 Å². The monoisotopic (exact) mass is 160 g/mol. The second-order valence-corrected chi connectivity index (χ2v) is 3.71. The molecule has 2 nitrogen and oxygen atoms in total. The number of thiol groups is 1. The lowest BCUT2D eigenvalue weighted by atomic mass is 10.5. The Hall–Kier alpha value is -0.0900. The summed E-state index contributed by atoms with van der Waals surface area (Å²) in [5.74, 6) is 0. The van der Waals surface area contributed by atoms with E-state index in [0.29, 0.717) is 15.7 Å². The topological polar surface area (TPSA) is 29.4 Å². The van der Waals surface area contributed by atoms with Crippen LogP contribution in [0, 0.1) is 6.20 Å². The van der Waals surface area contributed by atoms with Gasteiger partial charge in [0.2, 0.25) is 0 Å². The lowest BCUT2D eigenvalue weighted by Gasteiger charge is -2.01. The highest BCUT2D eigenvalue weighted by Gasteiger charge is 2.02. The van der Waals surface area contributed by atoms with E-state index in [1.165, 1.54) is 0 Å². The van der Waals surface area contributed by atoms with Gasteiger partial charge in [-0.1, -0.05) is 13.3 Å². The largest absolute Gasteiger partial charge is 0.445 e. The number of aliphatic imine (C=N–C) groups is 1. The number of nitrogens with zero attached hydrogens (tertiary/aromatic N) is 1. The fourth-order valence-corrected chi connectivity index (χ4v) is 1.62. The van der Waals surface area contributed by atoms with Gasteiger partial charge < -0.3 is 4.99 Å². The van der Waals surface area contributed by atoms with Crippen molar-refractivity contribution in [1.29, 1.82) is 0 Å². The molecule has 0 radical (unpaired) electrons. The molecule has 0 saturated heterocycles. The highest BCUT2D eigenvalue weighted by molar-refractivity contribution is 8.15. The Kier molecular flexibility index (Phi) is 2.08. The molecule has 4 heteroatoms. The summed E-state index contributed by atoms with van der Waals surface area (Å²) in [6.07, 6.45) is 3.25. The summed E-state index contributed by atoms with van der Waals surface area (Å²) in [4.78, 5) is 3.77. The maximum Gasteiger partial charge on any atom is 0.00368 e. The fraction of sp³-hybridized carbons (Fsp3) is 0.400. The highest BCUT2D eigenvalue weighted by atomic mass is 32.2. The van der Waals surface area contributed by atoms with Crippen molar-refractivity contribution in [3.05, 3.63) is 10.4 Å². The van der Waals surface area contributed by atoms with Crippen molar-refractivity contribution in [2.45, 2.75) is 13.3 Å². The molecule has 0 fully saturated rings. The highest BCUT2D eigenvalue weighted by Crippen LogP contribution is 2.16. The summed E-state index contributed by atoms with van der Waals surface area (Å²) in [5, 5.41) is 0.667. The Morgan fingerprint density at radius 3 is 2.78 bits per heavy atom. The van der Waals surface area contributed by atoms with Crippen LogP contribution in [0.3, 0.4) is 0 Å². The minimum absolute atomic E-state index is 0.437. The third-order valence-electron chi connectivity index (χ3n) is 0.968. The van der Waals surface area contributed by atoms with Crippen LogP contribution in [0.5, 0.6) is 0 Å². The maximum absolute atomic E-state index is 10.9. The van der Waals surface area contributed by atoms with Gasteiger partial charge in [-0.05, 0) is 9.28 Å². The zero-order chi connectivity index (χ0) is 6.85. The third-order valence-corrected chi connectivity index (χ3v) is 2.82. The van der Waals surface area contributed by atoms with Crippen LogP contribution in [-0.2, 0) is 10.8 Å². The maximum atomic E-state index is 10.9. The smallest absolute Gasteiger partial charge is 0.00368 e. The van der Waals surface area contributed by atoms with Crippen LogP contribution < -0.4 is 0 Å². The zero-order valence-electron chi connectivity index (χ0n) is 4.92. The van der Waals surface area contributed by atoms with E-state index in [1.807, 2.05) is 6.92 Å². The molecule has 1 aliphatic rings. The molecular weight excluding hydrogens is 154 g/mol. The fourth-order valence-electron chi connectivity index (χ4n) is 0.515. The lowest BCUT2D eigenvalue weighted by molar-refractivity contribution is 0.694. The van der Waals surface area contributed by atoms with E-state index < -0.39 is 10.8 Å². The van der Waals surface area contributed by atoms with Crippen LogP contribution in [0.1, 0.15) is 13.3 Å². The van der Waals surface area contributed by atoms with Gasteiger partial charge >= 0.3 is 0 Å². The minimum atomic E-state index is -1.09. The number of hydrogen-bond acceptors (Lipinski definition) is 3. The summed E-state index contributed by atoms with van der Waals surface area (Å²) in [5.41, 5.74) is 0. The Bertz CT molecular complexity index is 207. The van der Waals surface area contributed by atoms with Crippen LogP contribution in [0.4, 0.5) is 0 Å². The quantitative estimate of drug-likeness (QED) is 0.451. The second kappa shape index (κ2) is 2.66. The summed E-state index contributed by atoms with van der Waals surface area (Å²) in [6.45, 7) is 1.91.